The monoisotopic (exact) mass is 448 g/mol. The third-order valence-corrected chi connectivity index (χ3v) is 5.20. The van der Waals surface area contributed by atoms with Crippen molar-refractivity contribution in [1.29, 1.82) is 0 Å². The minimum absolute atomic E-state index is 0.142. The fraction of sp³-hybridized carbons (Fsp3) is 0.333. The molecule has 0 bridgehead atoms. The van der Waals surface area contributed by atoms with E-state index in [0.29, 0.717) is 5.03 Å². The molecule has 1 aliphatic rings. The molecule has 0 aliphatic carbocycles. The Morgan fingerprint density at radius 1 is 1.33 bits per heavy atom. The Morgan fingerprint density at radius 3 is 2.70 bits per heavy atom. The van der Waals surface area contributed by atoms with Gasteiger partial charge in [-0.3, -0.25) is 9.93 Å². The lowest BCUT2D eigenvalue weighted by atomic mass is 10.0. The summed E-state index contributed by atoms with van der Waals surface area (Å²) in [4.78, 5) is 17.9. The van der Waals surface area contributed by atoms with Gasteiger partial charge in [0.2, 0.25) is 11.7 Å². The van der Waals surface area contributed by atoms with Crippen LogP contribution in [0.3, 0.4) is 0 Å². The maximum Gasteiger partial charge on any atom is 0.393 e. The second-order valence-corrected chi connectivity index (χ2v) is 7.20. The minimum Gasteiger partial charge on any atom is -0.491 e. The van der Waals surface area contributed by atoms with Crippen LogP contribution in [0.25, 0.3) is 0 Å². The number of nitrogens with zero attached hydrogens (tertiary/aromatic N) is 2. The lowest BCUT2D eigenvalue weighted by Gasteiger charge is -2.27. The third-order valence-electron chi connectivity index (χ3n) is 4.73. The smallest absolute Gasteiger partial charge is 0.393 e. The van der Waals surface area contributed by atoms with E-state index in [1.807, 2.05) is 0 Å². The van der Waals surface area contributed by atoms with Crippen LogP contribution < -0.4 is 20.1 Å². The molecule has 12 heteroatoms. The van der Waals surface area contributed by atoms with Crippen LogP contribution in [0.15, 0.2) is 35.5 Å². The van der Waals surface area contributed by atoms with Gasteiger partial charge in [0.15, 0.2) is 11.6 Å². The Morgan fingerprint density at radius 2 is 2.07 bits per heavy atom. The number of nitrogens with one attached hydrogen (secondary N) is 1. The van der Waals surface area contributed by atoms with Crippen molar-refractivity contribution in [1.82, 2.24) is 4.98 Å². The first-order valence-corrected chi connectivity index (χ1v) is 9.52. The quantitative estimate of drug-likeness (QED) is 0.536. The molecule has 30 heavy (non-hydrogen) atoms. The van der Waals surface area contributed by atoms with Crippen molar-refractivity contribution in [2.45, 2.75) is 23.7 Å². The van der Waals surface area contributed by atoms with Crippen molar-refractivity contribution < 1.29 is 31.5 Å². The second kappa shape index (κ2) is 8.64. The van der Waals surface area contributed by atoms with Gasteiger partial charge in [-0.1, -0.05) is 0 Å². The van der Waals surface area contributed by atoms with Crippen molar-refractivity contribution in [3.05, 3.63) is 42.1 Å². The second-order valence-electron chi connectivity index (χ2n) is 6.55. The number of methoxy groups -OCH3 is 1. The van der Waals surface area contributed by atoms with Crippen LogP contribution >= 0.6 is 11.9 Å². The predicted octanol–water partition coefficient (Wildman–Crippen LogP) is 3.73. The van der Waals surface area contributed by atoms with Crippen LogP contribution in [0.5, 0.6) is 5.75 Å². The molecule has 162 valence electrons. The van der Waals surface area contributed by atoms with E-state index >= 15 is 0 Å². The summed E-state index contributed by atoms with van der Waals surface area (Å²) in [5.41, 5.74) is 0.145. The van der Waals surface area contributed by atoms with Gasteiger partial charge in [-0.05, 0) is 42.6 Å². The molecule has 2 heterocycles. The van der Waals surface area contributed by atoms with Crippen molar-refractivity contribution in [3.63, 3.8) is 0 Å². The maximum absolute atomic E-state index is 14.1. The fourth-order valence-electron chi connectivity index (χ4n) is 3.31. The number of pyridine rings is 1. The molecule has 0 radical (unpaired) electrons. The Bertz CT molecular complexity index is 943. The number of halogens is 5. The van der Waals surface area contributed by atoms with E-state index in [-0.39, 0.29) is 11.4 Å². The molecule has 1 aromatic heterocycles. The van der Waals surface area contributed by atoms with Crippen molar-refractivity contribution >= 4 is 29.2 Å². The highest BCUT2D eigenvalue weighted by Crippen LogP contribution is 2.43. The first-order chi connectivity index (χ1) is 14.2. The molecule has 3 N–H and O–H groups in total. The third kappa shape index (κ3) is 4.43. The summed E-state index contributed by atoms with van der Waals surface area (Å²) in [5.74, 6) is -5.71. The van der Waals surface area contributed by atoms with E-state index in [2.05, 4.69) is 10.3 Å². The van der Waals surface area contributed by atoms with Crippen LogP contribution in [-0.2, 0) is 4.79 Å². The molecule has 2 atom stereocenters. The normalized spacial score (nSPS) is 19.1. The van der Waals surface area contributed by atoms with Gasteiger partial charge in [0.1, 0.15) is 11.1 Å². The molecule has 1 fully saturated rings. The number of hydrogen-bond donors (Lipinski definition) is 2. The topological polar surface area (TPSA) is 80.5 Å². The van der Waals surface area contributed by atoms with Gasteiger partial charge in [-0.2, -0.15) is 17.6 Å². The number of amides is 1. The molecule has 2 unspecified atom stereocenters. The highest BCUT2D eigenvalue weighted by atomic mass is 32.2. The summed E-state index contributed by atoms with van der Waals surface area (Å²) < 4.78 is 72.7. The minimum atomic E-state index is -4.57. The van der Waals surface area contributed by atoms with Gasteiger partial charge >= 0.3 is 6.18 Å². The SMILES string of the molecule is COc1c(N2CC(C(F)(F)F)CC2C(=O)Nc2ccnc(SN)c2)ccc(F)c1F. The number of carbonyl (C=O) groups is 1. The first-order valence-electron chi connectivity index (χ1n) is 8.64. The van der Waals surface area contributed by atoms with Crippen LogP contribution in [0, 0.1) is 17.6 Å². The lowest BCUT2D eigenvalue weighted by molar-refractivity contribution is -0.168. The van der Waals surface area contributed by atoms with Gasteiger partial charge in [0, 0.05) is 18.4 Å². The number of carbonyl (C=O) groups excluding carboxylic acids is 1. The van der Waals surface area contributed by atoms with E-state index < -0.39 is 54.4 Å². The number of hydrogen-bond acceptors (Lipinski definition) is 6. The zero-order valence-corrected chi connectivity index (χ0v) is 16.4. The van der Waals surface area contributed by atoms with Gasteiger partial charge < -0.3 is 15.0 Å². The number of anilines is 2. The fourth-order valence-corrected chi connectivity index (χ4v) is 3.62. The van der Waals surface area contributed by atoms with Crippen LogP contribution in [0.1, 0.15) is 6.42 Å². The van der Waals surface area contributed by atoms with E-state index in [0.717, 1.165) is 36.1 Å². The molecule has 1 saturated heterocycles. The zero-order chi connectivity index (χ0) is 22.1. The Balaban J connectivity index is 1.95. The molecule has 3 rings (SSSR count). The van der Waals surface area contributed by atoms with Crippen molar-refractivity contribution in [2.24, 2.45) is 11.1 Å². The number of ether oxygens (including phenoxy) is 1. The standard InChI is InChI=1S/C18H17F5N4O2S/c1-29-16-12(3-2-11(19)15(16)20)27-8-9(18(21,22)23)6-13(27)17(28)26-10-4-5-25-14(7-10)30-24/h2-5,7,9,13H,6,8,24H2,1H3,(H,25,26,28). The summed E-state index contributed by atoms with van der Waals surface area (Å²) in [6, 6.07) is 3.48. The molecule has 1 aromatic carbocycles. The number of alkyl halides is 3. The average Bonchev–Trinajstić information content (AvgIpc) is 3.16. The number of rotatable bonds is 5. The molecular formula is C18H17F5N4O2S. The van der Waals surface area contributed by atoms with Crippen LogP contribution in [-0.4, -0.2) is 36.8 Å². The lowest BCUT2D eigenvalue weighted by Crippen LogP contribution is -2.40. The summed E-state index contributed by atoms with van der Waals surface area (Å²) in [5, 5.41) is 8.35. The molecule has 0 spiro atoms. The van der Waals surface area contributed by atoms with Crippen molar-refractivity contribution in [2.75, 3.05) is 23.9 Å². The number of aromatic nitrogens is 1. The van der Waals surface area contributed by atoms with Crippen LogP contribution in [0.4, 0.5) is 33.3 Å². The van der Waals surface area contributed by atoms with Gasteiger partial charge in [-0.15, -0.1) is 0 Å². The maximum atomic E-state index is 14.1. The van der Waals surface area contributed by atoms with Gasteiger partial charge in [0.25, 0.3) is 0 Å². The van der Waals surface area contributed by atoms with Crippen LogP contribution in [0.2, 0.25) is 0 Å². The Kier molecular flexibility index (Phi) is 6.36. The molecule has 1 aliphatic heterocycles. The van der Waals surface area contributed by atoms with Gasteiger partial charge in [0.05, 0.1) is 18.7 Å². The van der Waals surface area contributed by atoms with E-state index in [1.165, 1.54) is 18.3 Å². The highest BCUT2D eigenvalue weighted by molar-refractivity contribution is 7.97. The molecule has 6 nitrogen and oxygen atoms in total. The van der Waals surface area contributed by atoms with Gasteiger partial charge in [-0.25, -0.2) is 9.37 Å². The Labute approximate surface area is 172 Å². The number of benzene rings is 1. The summed E-state index contributed by atoms with van der Waals surface area (Å²) >= 11 is 0.836. The summed E-state index contributed by atoms with van der Waals surface area (Å²) in [7, 11) is 1.07. The van der Waals surface area contributed by atoms with E-state index in [1.54, 1.807) is 0 Å². The first kappa shape index (κ1) is 22.1. The highest BCUT2D eigenvalue weighted by Gasteiger charge is 2.50. The molecule has 1 amide bonds. The zero-order valence-electron chi connectivity index (χ0n) is 15.5. The van der Waals surface area contributed by atoms with Crippen molar-refractivity contribution in [3.8, 4) is 5.75 Å². The summed E-state index contributed by atoms with van der Waals surface area (Å²) in [6.45, 7) is -0.608. The molecular weight excluding hydrogens is 431 g/mol. The largest absolute Gasteiger partial charge is 0.491 e. The molecule has 0 saturated carbocycles. The predicted molar refractivity (Wildman–Crippen MR) is 101 cm³/mol. The number of nitrogens with two attached hydrogens (primary N) is 1. The van der Waals surface area contributed by atoms with E-state index in [9.17, 15) is 26.7 Å². The Hall–Kier alpha value is -2.60. The summed E-state index contributed by atoms with van der Waals surface area (Å²) in [6.07, 6.45) is -3.74. The average molecular weight is 448 g/mol. The molecule has 2 aromatic rings. The van der Waals surface area contributed by atoms with E-state index in [4.69, 9.17) is 9.88 Å².